The number of hydrogen-bond acceptors (Lipinski definition) is 3. The van der Waals surface area contributed by atoms with E-state index in [9.17, 15) is 0 Å². The first-order valence-corrected chi connectivity index (χ1v) is 6.13. The normalized spacial score (nSPS) is 14.3. The van der Waals surface area contributed by atoms with Crippen molar-refractivity contribution in [3.05, 3.63) is 30.1 Å². The maximum absolute atomic E-state index is 5.07. The van der Waals surface area contributed by atoms with Gasteiger partial charge in [-0.1, -0.05) is 6.07 Å². The molecule has 1 fully saturated rings. The van der Waals surface area contributed by atoms with Crippen molar-refractivity contribution >= 4 is 6.21 Å². The van der Waals surface area contributed by atoms with E-state index in [4.69, 9.17) is 4.74 Å². The molecule has 96 valence electrons. The molecule has 1 aliphatic rings. The van der Waals surface area contributed by atoms with E-state index in [1.807, 2.05) is 32.0 Å². The lowest BCUT2D eigenvalue weighted by Gasteiger charge is -2.08. The molecule has 3 nitrogen and oxygen atoms in total. The first-order valence-electron chi connectivity index (χ1n) is 6.13. The van der Waals surface area contributed by atoms with Gasteiger partial charge in [0.1, 0.15) is 0 Å². The van der Waals surface area contributed by atoms with Gasteiger partial charge in [0.05, 0.1) is 0 Å². The van der Waals surface area contributed by atoms with Crippen LogP contribution >= 0.6 is 0 Å². The number of ether oxygens (including phenoxy) is 1. The second kappa shape index (κ2) is 12.8. The number of hydrogen-bond donors (Lipinski definition) is 0. The summed E-state index contributed by atoms with van der Waals surface area (Å²) in [6, 6.07) is 5.86. The molecule has 0 unspecified atom stereocenters. The molecule has 1 aromatic rings. The standard InChI is InChI=1S/C6H7N.C5H10O.C3H7N/c1-6-4-2-3-5-7-6;1-2-4-6-5-3-1;1-3-4-2/h2-5H,1H3;1-5H2;3H,1-2H3. The van der Waals surface area contributed by atoms with E-state index >= 15 is 0 Å². The average Bonchev–Trinajstić information content (AvgIpc) is 2.43. The number of aryl methyl sites for hydroxylation is 1. The third kappa shape index (κ3) is 12.7. The molecule has 0 bridgehead atoms. The minimum atomic E-state index is 1.00. The Bertz CT molecular complexity index is 253. The Morgan fingerprint density at radius 1 is 1.24 bits per heavy atom. The smallest absolute Gasteiger partial charge is 0.0466 e. The van der Waals surface area contributed by atoms with E-state index in [1.54, 1.807) is 19.5 Å². The Labute approximate surface area is 105 Å². The summed E-state index contributed by atoms with van der Waals surface area (Å²) in [6.07, 6.45) is 7.47. The Kier molecular flexibility index (Phi) is 11.9. The van der Waals surface area contributed by atoms with Crippen LogP contribution in [0, 0.1) is 6.92 Å². The van der Waals surface area contributed by atoms with Gasteiger partial charge < -0.3 is 9.73 Å². The molecule has 3 heteroatoms. The number of pyridine rings is 1. The molecule has 2 heterocycles. The van der Waals surface area contributed by atoms with Gasteiger partial charge in [0.2, 0.25) is 0 Å². The topological polar surface area (TPSA) is 34.5 Å². The molecule has 1 saturated heterocycles. The highest BCUT2D eigenvalue weighted by Gasteiger charge is 1.95. The van der Waals surface area contributed by atoms with Gasteiger partial charge >= 0.3 is 0 Å². The molecule has 0 aromatic carbocycles. The Balaban J connectivity index is 0.000000236. The van der Waals surface area contributed by atoms with Gasteiger partial charge in [-0.05, 0) is 51.5 Å². The van der Waals surface area contributed by atoms with Crippen LogP contribution in [0.15, 0.2) is 29.4 Å². The summed E-state index contributed by atoms with van der Waals surface area (Å²) < 4.78 is 5.07. The monoisotopic (exact) mass is 236 g/mol. The van der Waals surface area contributed by atoms with Crippen molar-refractivity contribution < 1.29 is 4.74 Å². The van der Waals surface area contributed by atoms with Gasteiger partial charge in [-0.3, -0.25) is 4.98 Å². The first-order chi connectivity index (χ1) is 8.31. The van der Waals surface area contributed by atoms with Crippen molar-refractivity contribution in [2.24, 2.45) is 4.99 Å². The fraction of sp³-hybridized carbons (Fsp3) is 0.571. The van der Waals surface area contributed by atoms with Crippen LogP contribution in [0.4, 0.5) is 0 Å². The van der Waals surface area contributed by atoms with E-state index in [2.05, 4.69) is 9.98 Å². The van der Waals surface area contributed by atoms with Gasteiger partial charge in [-0.15, -0.1) is 0 Å². The molecule has 0 aliphatic carbocycles. The molecular weight excluding hydrogens is 212 g/mol. The fourth-order valence-corrected chi connectivity index (χ4v) is 1.14. The zero-order valence-electron chi connectivity index (χ0n) is 11.2. The number of aromatic nitrogens is 1. The number of nitrogens with zero attached hydrogens (tertiary/aromatic N) is 2. The van der Waals surface area contributed by atoms with Crippen molar-refractivity contribution in [1.29, 1.82) is 0 Å². The summed E-state index contributed by atoms with van der Waals surface area (Å²) in [5.41, 5.74) is 1.07. The molecule has 0 saturated carbocycles. The van der Waals surface area contributed by atoms with Gasteiger partial charge in [-0.25, -0.2) is 0 Å². The highest BCUT2D eigenvalue weighted by molar-refractivity contribution is 5.52. The lowest BCUT2D eigenvalue weighted by Crippen LogP contribution is -2.03. The Hall–Kier alpha value is -1.22. The highest BCUT2D eigenvalue weighted by atomic mass is 16.5. The molecule has 17 heavy (non-hydrogen) atoms. The number of aliphatic imine (C=N–C) groups is 1. The summed E-state index contributed by atoms with van der Waals surface area (Å²) in [6.45, 7) is 5.86. The maximum Gasteiger partial charge on any atom is 0.0466 e. The van der Waals surface area contributed by atoms with Crippen LogP contribution in [0.5, 0.6) is 0 Å². The van der Waals surface area contributed by atoms with Crippen LogP contribution in [0.25, 0.3) is 0 Å². The predicted octanol–water partition coefficient (Wildman–Crippen LogP) is 3.28. The molecule has 1 aliphatic heterocycles. The number of rotatable bonds is 0. The van der Waals surface area contributed by atoms with Crippen molar-refractivity contribution in [3.63, 3.8) is 0 Å². The molecule has 0 spiro atoms. The van der Waals surface area contributed by atoms with Gasteiger partial charge in [-0.2, -0.15) is 0 Å². The Morgan fingerprint density at radius 2 is 1.88 bits per heavy atom. The summed E-state index contributed by atoms with van der Waals surface area (Å²) >= 11 is 0. The van der Waals surface area contributed by atoms with Gasteiger partial charge in [0, 0.05) is 32.2 Å². The Morgan fingerprint density at radius 3 is 2.06 bits per heavy atom. The highest BCUT2D eigenvalue weighted by Crippen LogP contribution is 2.02. The molecule has 0 amide bonds. The van der Waals surface area contributed by atoms with Crippen LogP contribution in [-0.4, -0.2) is 31.5 Å². The van der Waals surface area contributed by atoms with Crippen LogP contribution in [0.1, 0.15) is 31.9 Å². The minimum absolute atomic E-state index is 1.00. The summed E-state index contributed by atoms with van der Waals surface area (Å²) in [4.78, 5) is 7.59. The van der Waals surface area contributed by atoms with Crippen LogP contribution in [-0.2, 0) is 4.74 Å². The predicted molar refractivity (Wildman–Crippen MR) is 73.7 cm³/mol. The van der Waals surface area contributed by atoms with E-state index in [-0.39, 0.29) is 0 Å². The van der Waals surface area contributed by atoms with Gasteiger partial charge in [0.15, 0.2) is 0 Å². The van der Waals surface area contributed by atoms with E-state index in [0.717, 1.165) is 18.9 Å². The van der Waals surface area contributed by atoms with E-state index in [0.29, 0.717) is 0 Å². The third-order valence-electron chi connectivity index (χ3n) is 2.15. The van der Waals surface area contributed by atoms with Gasteiger partial charge in [0.25, 0.3) is 0 Å². The quantitative estimate of drug-likeness (QED) is 0.648. The second-order valence-electron chi connectivity index (χ2n) is 3.66. The van der Waals surface area contributed by atoms with Crippen LogP contribution in [0.3, 0.4) is 0 Å². The van der Waals surface area contributed by atoms with Crippen LogP contribution in [0.2, 0.25) is 0 Å². The zero-order chi connectivity index (χ0) is 12.8. The molecule has 0 radical (unpaired) electrons. The molecule has 0 atom stereocenters. The summed E-state index contributed by atoms with van der Waals surface area (Å²) in [5.74, 6) is 0. The fourth-order valence-electron chi connectivity index (χ4n) is 1.14. The van der Waals surface area contributed by atoms with Crippen molar-refractivity contribution in [2.75, 3.05) is 20.3 Å². The van der Waals surface area contributed by atoms with E-state index in [1.165, 1.54) is 19.3 Å². The lowest BCUT2D eigenvalue weighted by atomic mass is 10.2. The molecular formula is C14H24N2O. The second-order valence-corrected chi connectivity index (χ2v) is 3.66. The average molecular weight is 236 g/mol. The molecule has 1 aromatic heterocycles. The SMILES string of the molecule is C1CCOCC1.CC=NC.Cc1ccccn1. The van der Waals surface area contributed by atoms with Crippen LogP contribution < -0.4 is 0 Å². The largest absolute Gasteiger partial charge is 0.381 e. The molecule has 2 rings (SSSR count). The third-order valence-corrected chi connectivity index (χ3v) is 2.15. The van der Waals surface area contributed by atoms with Crippen molar-refractivity contribution in [3.8, 4) is 0 Å². The van der Waals surface area contributed by atoms with Crippen molar-refractivity contribution in [2.45, 2.75) is 33.1 Å². The lowest BCUT2D eigenvalue weighted by molar-refractivity contribution is 0.0968. The first kappa shape index (κ1) is 15.8. The minimum Gasteiger partial charge on any atom is -0.381 e. The van der Waals surface area contributed by atoms with Crippen molar-refractivity contribution in [1.82, 2.24) is 4.98 Å². The molecule has 0 N–H and O–H groups in total. The maximum atomic E-state index is 5.07. The van der Waals surface area contributed by atoms with E-state index < -0.39 is 0 Å². The zero-order valence-corrected chi connectivity index (χ0v) is 11.2. The summed E-state index contributed by atoms with van der Waals surface area (Å²) in [5, 5.41) is 0. The summed E-state index contributed by atoms with van der Waals surface area (Å²) in [7, 11) is 1.75.